The molecule has 216 valence electrons. The van der Waals surface area contributed by atoms with E-state index in [-0.39, 0.29) is 34.3 Å². The number of nitrogens with one attached hydrogen (secondary N) is 1. The van der Waals surface area contributed by atoms with Crippen molar-refractivity contribution in [2.24, 2.45) is 0 Å². The molecule has 2 aliphatic heterocycles. The van der Waals surface area contributed by atoms with E-state index in [1.54, 1.807) is 29.2 Å². The van der Waals surface area contributed by atoms with E-state index in [0.29, 0.717) is 30.8 Å². The van der Waals surface area contributed by atoms with Crippen molar-refractivity contribution < 1.29 is 32.3 Å². The van der Waals surface area contributed by atoms with Gasteiger partial charge in [-0.05, 0) is 68.5 Å². The van der Waals surface area contributed by atoms with Gasteiger partial charge in [0, 0.05) is 36.1 Å². The average molecular weight is 613 g/mol. The van der Waals surface area contributed by atoms with Crippen LogP contribution in [-0.4, -0.2) is 73.9 Å². The molecule has 2 amide bonds. The molecule has 2 aromatic rings. The van der Waals surface area contributed by atoms with Crippen LogP contribution >= 0.6 is 23.2 Å². The smallest absolute Gasteiger partial charge is 0.415 e. The Morgan fingerprint density at radius 1 is 1.00 bits per heavy atom. The normalized spacial score (nSPS) is 20.2. The largest absolute Gasteiger partial charge is 0.467 e. The van der Waals surface area contributed by atoms with E-state index >= 15 is 0 Å². The van der Waals surface area contributed by atoms with Crippen LogP contribution in [0.2, 0.25) is 10.0 Å². The van der Waals surface area contributed by atoms with E-state index in [4.69, 9.17) is 32.7 Å². The molecule has 0 aromatic heterocycles. The van der Waals surface area contributed by atoms with Crippen molar-refractivity contribution in [3.63, 3.8) is 0 Å². The minimum absolute atomic E-state index is 0.0749. The third-order valence-electron chi connectivity index (χ3n) is 7.21. The number of carbonyl (C=O) groups excluding carboxylic acids is 3. The van der Waals surface area contributed by atoms with Gasteiger partial charge in [0.2, 0.25) is 15.9 Å². The molecule has 0 saturated carbocycles. The molecule has 1 N–H and O–H groups in total. The molecule has 2 aromatic carbocycles. The van der Waals surface area contributed by atoms with Gasteiger partial charge in [-0.2, -0.15) is 4.31 Å². The van der Waals surface area contributed by atoms with E-state index in [9.17, 15) is 22.8 Å². The minimum Gasteiger partial charge on any atom is -0.467 e. The molecule has 2 heterocycles. The fourth-order valence-corrected chi connectivity index (χ4v) is 7.53. The zero-order valence-corrected chi connectivity index (χ0v) is 24.5. The Balaban J connectivity index is 1.48. The predicted octanol–water partition coefficient (Wildman–Crippen LogP) is 4.03. The highest BCUT2D eigenvalue weighted by Crippen LogP contribution is 2.36. The van der Waals surface area contributed by atoms with Gasteiger partial charge in [0.15, 0.2) is 0 Å². The number of rotatable bonds is 8. The molecule has 2 saturated heterocycles. The van der Waals surface area contributed by atoms with E-state index in [1.165, 1.54) is 32.2 Å². The van der Waals surface area contributed by atoms with E-state index in [0.717, 1.165) is 17.1 Å². The number of amides is 2. The number of benzene rings is 2. The quantitative estimate of drug-likeness (QED) is 0.447. The number of nitrogens with zero attached hydrogens (tertiary/aromatic N) is 2. The van der Waals surface area contributed by atoms with Crippen LogP contribution in [-0.2, 0) is 30.8 Å². The fraction of sp³-hybridized carbons (Fsp3) is 0.444. The number of halogens is 2. The van der Waals surface area contributed by atoms with E-state index < -0.39 is 39.6 Å². The monoisotopic (exact) mass is 611 g/mol. The zero-order valence-electron chi connectivity index (χ0n) is 22.2. The number of hydrogen-bond donors (Lipinski definition) is 1. The first kappa shape index (κ1) is 30.1. The van der Waals surface area contributed by atoms with Crippen molar-refractivity contribution in [3.05, 3.63) is 58.1 Å². The summed E-state index contributed by atoms with van der Waals surface area (Å²) in [6, 6.07) is 9.49. The summed E-state index contributed by atoms with van der Waals surface area (Å²) in [5.74, 6) is -0.955. The summed E-state index contributed by atoms with van der Waals surface area (Å²) >= 11 is 12.1. The van der Waals surface area contributed by atoms with Crippen LogP contribution in [0.5, 0.6) is 5.75 Å². The molecule has 0 aliphatic carbocycles. The van der Waals surface area contributed by atoms with E-state index in [2.05, 4.69) is 5.32 Å². The van der Waals surface area contributed by atoms with Crippen LogP contribution in [0.25, 0.3) is 0 Å². The highest BCUT2D eigenvalue weighted by Gasteiger charge is 2.50. The van der Waals surface area contributed by atoms with Gasteiger partial charge < -0.3 is 19.7 Å². The molecule has 2 atom stereocenters. The lowest BCUT2D eigenvalue weighted by Crippen LogP contribution is -2.58. The second-order valence-electron chi connectivity index (χ2n) is 10.0. The molecule has 1 unspecified atom stereocenters. The molecular weight excluding hydrogens is 581 g/mol. The summed E-state index contributed by atoms with van der Waals surface area (Å²) in [5, 5.41) is 3.00. The van der Waals surface area contributed by atoms with Crippen molar-refractivity contribution in [2.75, 3.05) is 26.7 Å². The Bertz CT molecular complexity index is 1360. The highest BCUT2D eigenvalue weighted by atomic mass is 35.5. The summed E-state index contributed by atoms with van der Waals surface area (Å²) in [4.78, 5) is 40.0. The molecular formula is C27H31Cl2N3O7S. The minimum atomic E-state index is -4.14. The predicted molar refractivity (Wildman–Crippen MR) is 149 cm³/mol. The van der Waals surface area contributed by atoms with Gasteiger partial charge in [0.1, 0.15) is 17.3 Å². The number of esters is 1. The third-order valence-corrected chi connectivity index (χ3v) is 9.65. The fourth-order valence-electron chi connectivity index (χ4n) is 5.00. The molecule has 2 aliphatic rings. The van der Waals surface area contributed by atoms with Crippen molar-refractivity contribution >= 4 is 51.2 Å². The van der Waals surface area contributed by atoms with Crippen molar-refractivity contribution in [1.82, 2.24) is 14.5 Å². The number of methoxy groups -OCH3 is 1. The molecule has 0 spiro atoms. The standard InChI is InChI=1S/C27H31Cl2N3O7S/c1-27(10-5-13-32(27)40(36,37)22-16-19(28)15-20(29)17-22)25(34)30-23(24(33)38-2)14-18-6-8-21(9-7-18)39-26(35)31-11-3-4-12-31/h6-9,15-17,23H,3-5,10-14H2,1-2H3,(H,30,34)/t23?,27-/m0/s1. The van der Waals surface area contributed by atoms with Crippen LogP contribution in [0.3, 0.4) is 0 Å². The van der Waals surface area contributed by atoms with Gasteiger partial charge in [-0.25, -0.2) is 18.0 Å². The molecule has 2 fully saturated rings. The number of likely N-dealkylation sites (tertiary alicyclic amines) is 1. The lowest BCUT2D eigenvalue weighted by molar-refractivity contribution is -0.146. The maximum absolute atomic E-state index is 13.6. The SMILES string of the molecule is COC(=O)C(Cc1ccc(OC(=O)N2CCCC2)cc1)NC(=O)[C@]1(C)CCCN1S(=O)(=O)c1cc(Cl)cc(Cl)c1. The average Bonchev–Trinajstić information content (AvgIpc) is 3.59. The second-order valence-corrected chi connectivity index (χ2v) is 12.8. The van der Waals surface area contributed by atoms with E-state index in [1.807, 2.05) is 0 Å². The topological polar surface area (TPSA) is 122 Å². The number of hydrogen-bond acceptors (Lipinski definition) is 7. The van der Waals surface area contributed by atoms with Crippen molar-refractivity contribution in [1.29, 1.82) is 0 Å². The third kappa shape index (κ3) is 6.54. The van der Waals surface area contributed by atoms with Gasteiger partial charge in [0.05, 0.1) is 12.0 Å². The van der Waals surface area contributed by atoms with Gasteiger partial charge >= 0.3 is 12.1 Å². The highest BCUT2D eigenvalue weighted by molar-refractivity contribution is 7.89. The lowest BCUT2D eigenvalue weighted by Gasteiger charge is -2.34. The van der Waals surface area contributed by atoms with Crippen molar-refractivity contribution in [3.8, 4) is 5.75 Å². The first-order valence-electron chi connectivity index (χ1n) is 12.9. The molecule has 0 bridgehead atoms. The number of ether oxygens (including phenoxy) is 2. The van der Waals surface area contributed by atoms with Crippen LogP contribution in [0.4, 0.5) is 4.79 Å². The summed E-state index contributed by atoms with van der Waals surface area (Å²) in [7, 11) is -2.93. The molecule has 0 radical (unpaired) electrons. The Morgan fingerprint density at radius 2 is 1.62 bits per heavy atom. The summed E-state index contributed by atoms with van der Waals surface area (Å²) < 4.78 is 38.5. The Labute approximate surface area is 243 Å². The zero-order chi connectivity index (χ0) is 29.1. The Kier molecular flexibility index (Phi) is 9.29. The Morgan fingerprint density at radius 3 is 2.23 bits per heavy atom. The second kappa shape index (κ2) is 12.3. The maximum atomic E-state index is 13.6. The van der Waals surface area contributed by atoms with Crippen LogP contribution in [0, 0.1) is 0 Å². The van der Waals surface area contributed by atoms with Crippen LogP contribution < -0.4 is 10.1 Å². The Hall–Kier alpha value is -2.86. The van der Waals surface area contributed by atoms with Gasteiger partial charge in [-0.15, -0.1) is 0 Å². The molecule has 10 nitrogen and oxygen atoms in total. The van der Waals surface area contributed by atoms with Gasteiger partial charge in [0.25, 0.3) is 0 Å². The number of sulfonamides is 1. The maximum Gasteiger partial charge on any atom is 0.415 e. The van der Waals surface area contributed by atoms with Gasteiger partial charge in [-0.1, -0.05) is 35.3 Å². The number of carbonyl (C=O) groups is 3. The summed E-state index contributed by atoms with van der Waals surface area (Å²) in [5.41, 5.74) is -0.792. The molecule has 4 rings (SSSR count). The summed E-state index contributed by atoms with van der Waals surface area (Å²) in [6.07, 6.45) is 2.26. The van der Waals surface area contributed by atoms with Crippen molar-refractivity contribution in [2.45, 2.75) is 55.5 Å². The lowest BCUT2D eigenvalue weighted by atomic mass is 9.97. The first-order valence-corrected chi connectivity index (χ1v) is 15.1. The molecule has 40 heavy (non-hydrogen) atoms. The molecule has 13 heteroatoms. The van der Waals surface area contributed by atoms with Gasteiger partial charge in [-0.3, -0.25) is 4.79 Å². The van der Waals surface area contributed by atoms with Crippen LogP contribution in [0.1, 0.15) is 38.2 Å². The van der Waals surface area contributed by atoms with Crippen LogP contribution in [0.15, 0.2) is 47.4 Å². The first-order chi connectivity index (χ1) is 18.9. The summed E-state index contributed by atoms with van der Waals surface area (Å²) in [6.45, 7) is 2.97.